The zero-order valence-electron chi connectivity index (χ0n) is 10.4. The average Bonchev–Trinajstić information content (AvgIpc) is 3.28. The fourth-order valence-corrected chi connectivity index (χ4v) is 2.41. The molecule has 2 N–H and O–H groups in total. The molecule has 2 aromatic rings. The van der Waals surface area contributed by atoms with E-state index in [2.05, 4.69) is 25.5 Å². The summed E-state index contributed by atoms with van der Waals surface area (Å²) in [7, 11) is 0. The van der Waals surface area contributed by atoms with E-state index in [4.69, 9.17) is 11.6 Å². The summed E-state index contributed by atoms with van der Waals surface area (Å²) in [5, 5.41) is 10.8. The molecule has 6 heteroatoms. The molecule has 19 heavy (non-hydrogen) atoms. The van der Waals surface area contributed by atoms with Gasteiger partial charge in [0.15, 0.2) is 5.82 Å². The van der Waals surface area contributed by atoms with Gasteiger partial charge in [0.1, 0.15) is 5.82 Å². The number of nitrogens with zero attached hydrogens (tertiary/aromatic N) is 3. The van der Waals surface area contributed by atoms with Crippen LogP contribution in [-0.4, -0.2) is 20.2 Å². The number of H-pyrrole nitrogens is 1. The lowest BCUT2D eigenvalue weighted by Crippen LogP contribution is -1.98. The van der Waals surface area contributed by atoms with Gasteiger partial charge in [0.05, 0.1) is 5.69 Å². The number of halogens is 1. The molecule has 0 radical (unpaired) electrons. The molecule has 2 aliphatic carbocycles. The average molecular weight is 276 g/mol. The summed E-state index contributed by atoms with van der Waals surface area (Å²) in [5.74, 6) is 2.73. The van der Waals surface area contributed by atoms with E-state index in [1.807, 2.05) is 12.1 Å². The zero-order chi connectivity index (χ0) is 12.8. The molecule has 4 rings (SSSR count). The molecule has 2 aliphatic rings. The van der Waals surface area contributed by atoms with Gasteiger partial charge >= 0.3 is 0 Å². The monoisotopic (exact) mass is 275 g/mol. The lowest BCUT2D eigenvalue weighted by Gasteiger charge is -2.04. The molecule has 0 amide bonds. The van der Waals surface area contributed by atoms with Crippen LogP contribution in [0.3, 0.4) is 0 Å². The van der Waals surface area contributed by atoms with E-state index < -0.39 is 0 Å². The first-order valence-electron chi connectivity index (χ1n) is 6.65. The number of aromatic amines is 1. The Morgan fingerprint density at radius 2 is 1.84 bits per heavy atom. The third-order valence-electron chi connectivity index (χ3n) is 3.59. The fraction of sp³-hybridized carbons (Fsp3) is 0.462. The van der Waals surface area contributed by atoms with E-state index in [0.717, 1.165) is 17.3 Å². The van der Waals surface area contributed by atoms with Crippen molar-refractivity contribution in [2.45, 2.75) is 37.5 Å². The highest BCUT2D eigenvalue weighted by molar-refractivity contribution is 6.28. The number of nitrogens with one attached hydrogen (secondary N) is 2. The molecule has 0 atom stereocenters. The number of hydrogen-bond donors (Lipinski definition) is 2. The Hall–Kier alpha value is -1.62. The normalized spacial score (nSPS) is 18.6. The molecule has 2 aromatic heterocycles. The van der Waals surface area contributed by atoms with Gasteiger partial charge in [-0.15, -0.1) is 0 Å². The Morgan fingerprint density at radius 1 is 1.05 bits per heavy atom. The van der Waals surface area contributed by atoms with Crippen LogP contribution in [0.2, 0.25) is 5.28 Å². The van der Waals surface area contributed by atoms with Crippen molar-refractivity contribution in [3.8, 4) is 0 Å². The van der Waals surface area contributed by atoms with Crippen molar-refractivity contribution in [1.29, 1.82) is 0 Å². The Bertz CT molecular complexity index is 615. The zero-order valence-corrected chi connectivity index (χ0v) is 11.1. The molecule has 2 heterocycles. The number of aromatic nitrogens is 4. The quantitative estimate of drug-likeness (QED) is 0.840. The lowest BCUT2D eigenvalue weighted by atomic mass is 10.3. The minimum atomic E-state index is 0.296. The summed E-state index contributed by atoms with van der Waals surface area (Å²) < 4.78 is 0. The number of anilines is 2. The summed E-state index contributed by atoms with van der Waals surface area (Å²) in [4.78, 5) is 8.47. The van der Waals surface area contributed by atoms with Crippen molar-refractivity contribution in [2.75, 3.05) is 5.32 Å². The van der Waals surface area contributed by atoms with E-state index in [0.29, 0.717) is 17.1 Å². The molecule has 2 saturated carbocycles. The molecule has 0 aromatic carbocycles. The minimum Gasteiger partial charge on any atom is -0.323 e. The van der Waals surface area contributed by atoms with Crippen molar-refractivity contribution in [1.82, 2.24) is 20.2 Å². The number of hydrogen-bond acceptors (Lipinski definition) is 4. The van der Waals surface area contributed by atoms with E-state index in [1.165, 1.54) is 31.4 Å². The highest BCUT2D eigenvalue weighted by Crippen LogP contribution is 2.41. The van der Waals surface area contributed by atoms with E-state index in [-0.39, 0.29) is 0 Å². The molecule has 98 valence electrons. The molecular weight excluding hydrogens is 262 g/mol. The number of rotatable bonds is 4. The summed E-state index contributed by atoms with van der Waals surface area (Å²) in [5.41, 5.74) is 2.23. The Morgan fingerprint density at radius 3 is 2.58 bits per heavy atom. The maximum Gasteiger partial charge on any atom is 0.224 e. The Kier molecular flexibility index (Phi) is 2.48. The fourth-order valence-electron chi connectivity index (χ4n) is 2.22. The molecule has 0 spiro atoms. The van der Waals surface area contributed by atoms with Crippen LogP contribution in [0.4, 0.5) is 11.6 Å². The predicted molar refractivity (Wildman–Crippen MR) is 72.9 cm³/mol. The molecule has 0 unspecified atom stereocenters. The molecule has 2 fully saturated rings. The second kappa shape index (κ2) is 4.20. The first-order chi connectivity index (χ1) is 9.28. The lowest BCUT2D eigenvalue weighted by molar-refractivity contribution is 0.964. The summed E-state index contributed by atoms with van der Waals surface area (Å²) in [6.07, 6.45) is 4.90. The van der Waals surface area contributed by atoms with Gasteiger partial charge in [0.25, 0.3) is 0 Å². The maximum atomic E-state index is 5.96. The van der Waals surface area contributed by atoms with E-state index in [1.54, 1.807) is 0 Å². The molecule has 0 aliphatic heterocycles. The topological polar surface area (TPSA) is 66.5 Å². The van der Waals surface area contributed by atoms with Gasteiger partial charge in [-0.05, 0) is 37.3 Å². The highest BCUT2D eigenvalue weighted by atomic mass is 35.5. The molecular formula is C13H14ClN5. The SMILES string of the molecule is Clc1nc(Nc2cc(C3CC3)[nH]n2)cc(C2CC2)n1. The smallest absolute Gasteiger partial charge is 0.224 e. The summed E-state index contributed by atoms with van der Waals surface area (Å²) >= 11 is 5.96. The van der Waals surface area contributed by atoms with Crippen molar-refractivity contribution >= 4 is 23.2 Å². The van der Waals surface area contributed by atoms with Crippen LogP contribution in [0.25, 0.3) is 0 Å². The summed E-state index contributed by atoms with van der Waals surface area (Å²) in [6, 6.07) is 4.01. The van der Waals surface area contributed by atoms with Crippen LogP contribution >= 0.6 is 11.6 Å². The third-order valence-corrected chi connectivity index (χ3v) is 3.75. The van der Waals surface area contributed by atoms with Crippen LogP contribution < -0.4 is 5.32 Å². The van der Waals surface area contributed by atoms with Gasteiger partial charge in [-0.2, -0.15) is 5.10 Å². The van der Waals surface area contributed by atoms with Crippen molar-refractivity contribution in [2.24, 2.45) is 0 Å². The van der Waals surface area contributed by atoms with Gasteiger partial charge in [0.2, 0.25) is 5.28 Å². The van der Waals surface area contributed by atoms with Crippen molar-refractivity contribution in [3.63, 3.8) is 0 Å². The van der Waals surface area contributed by atoms with Gasteiger partial charge in [-0.1, -0.05) is 0 Å². The Labute approximate surface area is 115 Å². The van der Waals surface area contributed by atoms with Crippen LogP contribution in [0, 0.1) is 0 Å². The third kappa shape index (κ3) is 2.42. The minimum absolute atomic E-state index is 0.296. The largest absolute Gasteiger partial charge is 0.323 e. The van der Waals surface area contributed by atoms with Crippen molar-refractivity contribution < 1.29 is 0 Å². The van der Waals surface area contributed by atoms with E-state index >= 15 is 0 Å². The molecule has 5 nitrogen and oxygen atoms in total. The van der Waals surface area contributed by atoms with Gasteiger partial charge in [-0.25, -0.2) is 9.97 Å². The standard InChI is InChI=1S/C13H14ClN5/c14-13-15-9(7-1-2-7)5-11(17-13)16-12-6-10(18-19-12)8-3-4-8/h5-8H,1-4H2,(H2,15,16,17,18,19). The first-order valence-corrected chi connectivity index (χ1v) is 7.02. The van der Waals surface area contributed by atoms with Gasteiger partial charge < -0.3 is 5.32 Å². The van der Waals surface area contributed by atoms with Crippen molar-refractivity contribution in [3.05, 3.63) is 28.8 Å². The van der Waals surface area contributed by atoms with Crippen LogP contribution in [0.1, 0.15) is 48.9 Å². The van der Waals surface area contributed by atoms with Gasteiger partial charge in [0, 0.05) is 29.7 Å². The first kappa shape index (κ1) is 11.2. The Balaban J connectivity index is 1.57. The van der Waals surface area contributed by atoms with Gasteiger partial charge in [-0.3, -0.25) is 5.10 Å². The second-order valence-corrected chi connectivity index (χ2v) is 5.67. The predicted octanol–water partition coefficient (Wildman–Crippen LogP) is 3.35. The molecule has 0 saturated heterocycles. The van der Waals surface area contributed by atoms with Crippen LogP contribution in [0.15, 0.2) is 12.1 Å². The van der Waals surface area contributed by atoms with E-state index in [9.17, 15) is 0 Å². The summed E-state index contributed by atoms with van der Waals surface area (Å²) in [6.45, 7) is 0. The molecule has 0 bridgehead atoms. The maximum absolute atomic E-state index is 5.96. The highest BCUT2D eigenvalue weighted by Gasteiger charge is 2.27. The van der Waals surface area contributed by atoms with Crippen LogP contribution in [-0.2, 0) is 0 Å². The van der Waals surface area contributed by atoms with Crippen LogP contribution in [0.5, 0.6) is 0 Å². The second-order valence-electron chi connectivity index (χ2n) is 5.33.